The van der Waals surface area contributed by atoms with Crippen LogP contribution in [0.15, 0.2) is 67.1 Å². The molecule has 1 aliphatic heterocycles. The number of aryl methyl sites for hydroxylation is 1. The zero-order chi connectivity index (χ0) is 28.5. The number of pyridine rings is 1. The van der Waals surface area contributed by atoms with Gasteiger partial charge in [-0.2, -0.15) is 0 Å². The Morgan fingerprint density at radius 1 is 1.10 bits per heavy atom. The number of methoxy groups -OCH3 is 1. The average molecular weight is 552 g/mol. The van der Waals surface area contributed by atoms with E-state index < -0.39 is 5.82 Å². The largest absolute Gasteiger partial charge is 0.496 e. The number of Topliss-reactive ketones (excluding diaryl/α,β-unsaturated/α-hetero) is 1. The fraction of sp³-hybridized carbons (Fsp3) is 0.258. The molecule has 0 unspecified atom stereocenters. The molecular formula is C31H30FN7O2. The highest BCUT2D eigenvalue weighted by molar-refractivity contribution is 6.00. The van der Waals surface area contributed by atoms with E-state index in [1.54, 1.807) is 30.6 Å². The van der Waals surface area contributed by atoms with E-state index in [1.807, 2.05) is 31.2 Å². The van der Waals surface area contributed by atoms with Crippen molar-refractivity contribution < 1.29 is 13.9 Å². The Kier molecular flexibility index (Phi) is 7.15. The molecule has 0 saturated carbocycles. The summed E-state index contributed by atoms with van der Waals surface area (Å²) >= 11 is 0. The first kappa shape index (κ1) is 26.5. The quantitative estimate of drug-likeness (QED) is 0.283. The van der Waals surface area contributed by atoms with Crippen LogP contribution in [0.25, 0.3) is 22.4 Å². The lowest BCUT2D eigenvalue weighted by molar-refractivity contribution is 0.0988. The number of hydrogen-bond donors (Lipinski definition) is 1. The molecule has 1 fully saturated rings. The first-order valence-corrected chi connectivity index (χ1v) is 13.5. The number of fused-ring (bicyclic) bond motifs is 1. The lowest BCUT2D eigenvalue weighted by Crippen LogP contribution is -2.27. The van der Waals surface area contributed by atoms with Crippen molar-refractivity contribution in [2.75, 3.05) is 25.1 Å². The molecule has 0 radical (unpaired) electrons. The van der Waals surface area contributed by atoms with Gasteiger partial charge >= 0.3 is 0 Å². The van der Waals surface area contributed by atoms with Crippen LogP contribution in [0.3, 0.4) is 0 Å². The number of nitrogens with two attached hydrogens (primary N) is 1. The molecule has 0 spiro atoms. The number of carbonyl (C=O) groups excluding carboxylic acids is 1. The lowest BCUT2D eigenvalue weighted by atomic mass is 10.0. The predicted molar refractivity (Wildman–Crippen MR) is 155 cm³/mol. The summed E-state index contributed by atoms with van der Waals surface area (Å²) in [5.41, 5.74) is 11.3. The van der Waals surface area contributed by atoms with Gasteiger partial charge in [0.1, 0.15) is 28.6 Å². The van der Waals surface area contributed by atoms with Crippen LogP contribution in [0.5, 0.6) is 5.75 Å². The molecule has 0 amide bonds. The summed E-state index contributed by atoms with van der Waals surface area (Å²) in [6.45, 7) is 4.11. The van der Waals surface area contributed by atoms with Gasteiger partial charge in [0.05, 0.1) is 23.9 Å². The minimum Gasteiger partial charge on any atom is -0.496 e. The second kappa shape index (κ2) is 11.1. The third-order valence-electron chi connectivity index (χ3n) is 7.51. The molecule has 5 aromatic rings. The Balaban J connectivity index is 1.38. The molecule has 208 valence electrons. The van der Waals surface area contributed by atoms with Gasteiger partial charge in [0.25, 0.3) is 0 Å². The van der Waals surface area contributed by atoms with Crippen molar-refractivity contribution in [3.63, 3.8) is 0 Å². The van der Waals surface area contributed by atoms with Crippen LogP contribution in [-0.2, 0) is 13.0 Å². The second-order valence-electron chi connectivity index (χ2n) is 10.2. The van der Waals surface area contributed by atoms with E-state index in [2.05, 4.69) is 24.4 Å². The van der Waals surface area contributed by atoms with Crippen LogP contribution in [0, 0.1) is 12.7 Å². The van der Waals surface area contributed by atoms with E-state index >= 15 is 0 Å². The highest BCUT2D eigenvalue weighted by Crippen LogP contribution is 2.35. The van der Waals surface area contributed by atoms with E-state index in [1.165, 1.54) is 19.4 Å². The first-order chi connectivity index (χ1) is 19.9. The molecule has 2 aromatic carbocycles. The third-order valence-corrected chi connectivity index (χ3v) is 7.51. The molecule has 1 aliphatic rings. The number of halogens is 1. The minimum atomic E-state index is -0.523. The van der Waals surface area contributed by atoms with Crippen LogP contribution in [-0.4, -0.2) is 56.5 Å². The number of imidazole rings is 1. The number of nitrogens with zero attached hydrogens (tertiary/aromatic N) is 6. The van der Waals surface area contributed by atoms with Gasteiger partial charge < -0.3 is 19.9 Å². The van der Waals surface area contributed by atoms with Crippen molar-refractivity contribution in [2.45, 2.75) is 32.4 Å². The summed E-state index contributed by atoms with van der Waals surface area (Å²) in [6, 6.07) is 14.1. The standard InChI is InChI=1S/C31H30FN7O2/c1-19-36-29-25(39(19)17-20-8-12-34-13-9-20)7-6-21(30(29)38-15-11-22(33)18-38)16-26(40)24-10-14-35-31(37-24)28-23(32)4-3-5-27(28)41-2/h3-10,12-14,22H,11,15-18,33H2,1-2H3/t22-/m0/s1. The van der Waals surface area contributed by atoms with Gasteiger partial charge in [0, 0.05) is 50.7 Å². The van der Waals surface area contributed by atoms with Crippen LogP contribution < -0.4 is 15.4 Å². The number of rotatable bonds is 8. The molecule has 9 nitrogen and oxygen atoms in total. The molecule has 10 heteroatoms. The van der Waals surface area contributed by atoms with Gasteiger partial charge in [0.2, 0.25) is 0 Å². The summed E-state index contributed by atoms with van der Waals surface area (Å²) < 4.78 is 22.2. The highest BCUT2D eigenvalue weighted by atomic mass is 19.1. The van der Waals surface area contributed by atoms with Crippen molar-refractivity contribution >= 4 is 22.5 Å². The second-order valence-corrected chi connectivity index (χ2v) is 10.2. The average Bonchev–Trinajstić information content (AvgIpc) is 3.55. The first-order valence-electron chi connectivity index (χ1n) is 13.5. The zero-order valence-corrected chi connectivity index (χ0v) is 22.9. The van der Waals surface area contributed by atoms with Gasteiger partial charge in [-0.3, -0.25) is 9.78 Å². The molecule has 4 heterocycles. The maximum absolute atomic E-state index is 14.7. The van der Waals surface area contributed by atoms with Gasteiger partial charge in [-0.15, -0.1) is 0 Å². The summed E-state index contributed by atoms with van der Waals surface area (Å²) in [7, 11) is 1.45. The molecule has 1 atom stereocenters. The molecule has 0 aliphatic carbocycles. The number of benzene rings is 2. The molecule has 3 aromatic heterocycles. The summed E-state index contributed by atoms with van der Waals surface area (Å²) in [5, 5.41) is 0. The van der Waals surface area contributed by atoms with Crippen LogP contribution in [0.1, 0.15) is 33.9 Å². The normalized spacial score (nSPS) is 15.0. The summed E-state index contributed by atoms with van der Waals surface area (Å²) in [6.07, 6.45) is 5.99. The molecule has 41 heavy (non-hydrogen) atoms. The van der Waals surface area contributed by atoms with Gasteiger partial charge in [-0.05, 0) is 60.9 Å². The number of hydrogen-bond acceptors (Lipinski definition) is 8. The van der Waals surface area contributed by atoms with Gasteiger partial charge in [-0.25, -0.2) is 19.3 Å². The van der Waals surface area contributed by atoms with E-state index in [9.17, 15) is 9.18 Å². The number of ether oxygens (including phenoxy) is 1. The molecule has 1 saturated heterocycles. The zero-order valence-electron chi connectivity index (χ0n) is 22.9. The SMILES string of the molecule is COc1cccc(F)c1-c1nccc(C(=O)Cc2ccc3c(nc(C)n3Cc3ccncc3)c2N2CC[C@H](N)C2)n1. The number of aromatic nitrogens is 5. The van der Waals surface area contributed by atoms with Crippen LogP contribution in [0.4, 0.5) is 10.1 Å². The Morgan fingerprint density at radius 3 is 2.68 bits per heavy atom. The highest BCUT2D eigenvalue weighted by Gasteiger charge is 2.27. The van der Waals surface area contributed by atoms with E-state index in [-0.39, 0.29) is 35.3 Å². The number of anilines is 1. The Morgan fingerprint density at radius 2 is 1.93 bits per heavy atom. The molecule has 6 rings (SSSR count). The Bertz CT molecular complexity index is 1740. The van der Waals surface area contributed by atoms with Crippen molar-refractivity contribution in [1.82, 2.24) is 24.5 Å². The molecular weight excluding hydrogens is 521 g/mol. The number of ketones is 1. The van der Waals surface area contributed by atoms with Gasteiger partial charge in [-0.1, -0.05) is 12.1 Å². The fourth-order valence-corrected chi connectivity index (χ4v) is 5.48. The van der Waals surface area contributed by atoms with Crippen LogP contribution in [0.2, 0.25) is 0 Å². The predicted octanol–water partition coefficient (Wildman–Crippen LogP) is 4.36. The topological polar surface area (TPSA) is 112 Å². The maximum atomic E-state index is 14.7. The van der Waals surface area contributed by atoms with E-state index in [4.69, 9.17) is 15.5 Å². The van der Waals surface area contributed by atoms with E-state index in [0.717, 1.165) is 46.6 Å². The third kappa shape index (κ3) is 5.14. The smallest absolute Gasteiger partial charge is 0.185 e. The fourth-order valence-electron chi connectivity index (χ4n) is 5.48. The van der Waals surface area contributed by atoms with Gasteiger partial charge in [0.15, 0.2) is 11.6 Å². The Labute approximate surface area is 236 Å². The van der Waals surface area contributed by atoms with E-state index in [0.29, 0.717) is 18.8 Å². The minimum absolute atomic E-state index is 0.0500. The summed E-state index contributed by atoms with van der Waals surface area (Å²) in [4.78, 5) is 33.6. The van der Waals surface area contributed by atoms with Crippen molar-refractivity contribution in [3.05, 3.63) is 95.6 Å². The lowest BCUT2D eigenvalue weighted by Gasteiger charge is -2.22. The van der Waals surface area contributed by atoms with Crippen molar-refractivity contribution in [1.29, 1.82) is 0 Å². The number of carbonyl (C=O) groups is 1. The monoisotopic (exact) mass is 551 g/mol. The molecule has 2 N–H and O–H groups in total. The maximum Gasteiger partial charge on any atom is 0.185 e. The molecule has 0 bridgehead atoms. The van der Waals surface area contributed by atoms with Crippen molar-refractivity contribution in [3.8, 4) is 17.1 Å². The Hall–Kier alpha value is -4.70. The van der Waals surface area contributed by atoms with Crippen molar-refractivity contribution in [2.24, 2.45) is 5.73 Å². The summed E-state index contributed by atoms with van der Waals surface area (Å²) in [5.74, 6) is 0.540. The van der Waals surface area contributed by atoms with Crippen LogP contribution >= 0.6 is 0 Å².